The van der Waals surface area contributed by atoms with Gasteiger partial charge in [-0.15, -0.1) is 0 Å². The summed E-state index contributed by atoms with van der Waals surface area (Å²) in [4.78, 5) is 24.6. The molecular weight excluding hydrogens is 423 g/mol. The maximum Gasteiger partial charge on any atom is 0.444 e. The van der Waals surface area contributed by atoms with Crippen LogP contribution in [0, 0.1) is 13.8 Å². The Morgan fingerprint density at radius 1 is 1.20 bits per heavy atom. The highest BCUT2D eigenvalue weighted by Gasteiger charge is 2.42. The van der Waals surface area contributed by atoms with Crippen LogP contribution in [0.3, 0.4) is 0 Å². The van der Waals surface area contributed by atoms with E-state index in [0.717, 1.165) is 28.9 Å². The fourth-order valence-electron chi connectivity index (χ4n) is 2.86. The predicted octanol–water partition coefficient (Wildman–Crippen LogP) is 4.57. The van der Waals surface area contributed by atoms with Gasteiger partial charge in [0, 0.05) is 5.69 Å². The van der Waals surface area contributed by atoms with E-state index >= 15 is 0 Å². The summed E-state index contributed by atoms with van der Waals surface area (Å²) in [5.41, 5.74) is 0.750. The van der Waals surface area contributed by atoms with Crippen molar-refractivity contribution in [2.24, 2.45) is 0 Å². The van der Waals surface area contributed by atoms with Crippen molar-refractivity contribution in [2.45, 2.75) is 38.0 Å². The first-order valence-electron chi connectivity index (χ1n) is 8.98. The number of hydrogen-bond donors (Lipinski definition) is 3. The Hall–Kier alpha value is -2.94. The summed E-state index contributed by atoms with van der Waals surface area (Å²) in [5, 5.41) is 8.39. The molecule has 0 saturated carbocycles. The quantitative estimate of drug-likeness (QED) is 0.574. The Morgan fingerprint density at radius 3 is 2.40 bits per heavy atom. The van der Waals surface area contributed by atoms with E-state index in [9.17, 15) is 22.8 Å². The third-order valence-electron chi connectivity index (χ3n) is 4.57. The van der Waals surface area contributed by atoms with E-state index in [2.05, 4.69) is 20.7 Å². The highest BCUT2D eigenvalue weighted by molar-refractivity contribution is 6.20. The minimum absolute atomic E-state index is 0.149. The van der Waals surface area contributed by atoms with E-state index in [4.69, 9.17) is 11.6 Å². The van der Waals surface area contributed by atoms with Gasteiger partial charge in [-0.25, -0.2) is 4.39 Å². The zero-order chi connectivity index (χ0) is 22.1. The smallest absolute Gasteiger partial charge is 0.429 e. The lowest BCUT2D eigenvalue weighted by molar-refractivity contribution is -0.199. The third-order valence-corrected chi connectivity index (χ3v) is 4.83. The summed E-state index contributed by atoms with van der Waals surface area (Å²) in [6.45, 7) is 3.88. The van der Waals surface area contributed by atoms with Gasteiger partial charge in [0.15, 0.2) is 0 Å². The lowest BCUT2D eigenvalue weighted by Crippen LogP contribution is -2.41. The number of ether oxygens (including phenoxy) is 1. The first-order valence-corrected chi connectivity index (χ1v) is 9.42. The molecule has 3 N–H and O–H groups in total. The Bertz CT molecular complexity index is 968. The first-order chi connectivity index (χ1) is 14.0. The van der Waals surface area contributed by atoms with E-state index in [0.29, 0.717) is 11.4 Å². The number of carbonyl (C=O) groups is 2. The lowest BCUT2D eigenvalue weighted by atomic mass is 10.0. The fourth-order valence-corrected chi connectivity index (χ4v) is 2.91. The zero-order valence-electron chi connectivity index (χ0n) is 16.1. The fraction of sp³-hybridized carbons (Fsp3) is 0.300. The van der Waals surface area contributed by atoms with Crippen LogP contribution in [0.4, 0.5) is 30.2 Å². The molecule has 3 rings (SSSR count). The SMILES string of the molecule is Cc1cc2c(cc1C)N[C@@H](CC(=O)Nc1ccc(OC(F)(F)[C@@H](F)Cl)cc1)C(=O)N2. The van der Waals surface area contributed by atoms with Crippen molar-refractivity contribution in [3.05, 3.63) is 47.5 Å². The van der Waals surface area contributed by atoms with E-state index in [-0.39, 0.29) is 18.1 Å². The van der Waals surface area contributed by atoms with Gasteiger partial charge in [0.1, 0.15) is 11.8 Å². The molecular formula is C20H19ClF3N3O3. The molecule has 0 radical (unpaired) electrons. The molecule has 2 aromatic carbocycles. The van der Waals surface area contributed by atoms with Gasteiger partial charge in [0.25, 0.3) is 5.63 Å². The average molecular weight is 442 g/mol. The second-order valence-electron chi connectivity index (χ2n) is 6.91. The van der Waals surface area contributed by atoms with E-state index < -0.39 is 23.7 Å². The van der Waals surface area contributed by atoms with Gasteiger partial charge in [-0.3, -0.25) is 9.59 Å². The summed E-state index contributed by atoms with van der Waals surface area (Å²) in [6, 6.07) is 7.86. The summed E-state index contributed by atoms with van der Waals surface area (Å²) in [5.74, 6) is -1.12. The van der Waals surface area contributed by atoms with E-state index in [1.165, 1.54) is 12.1 Å². The van der Waals surface area contributed by atoms with Gasteiger partial charge < -0.3 is 20.7 Å². The largest absolute Gasteiger partial charge is 0.444 e. The maximum absolute atomic E-state index is 13.1. The second kappa shape index (κ2) is 8.43. The summed E-state index contributed by atoms with van der Waals surface area (Å²) in [7, 11) is 0. The Labute approximate surface area is 175 Å². The second-order valence-corrected chi connectivity index (χ2v) is 7.29. The van der Waals surface area contributed by atoms with E-state index in [1.807, 2.05) is 26.0 Å². The van der Waals surface area contributed by atoms with Crippen LogP contribution >= 0.6 is 11.6 Å². The minimum atomic E-state index is -4.18. The van der Waals surface area contributed by atoms with Gasteiger partial charge in [0.2, 0.25) is 11.8 Å². The standard InChI is InChI=1S/C20H19ClF3N3O3/c1-10-7-14-15(8-11(10)2)27-18(29)16(26-14)9-17(28)25-12-3-5-13(6-4-12)30-20(23,24)19(21)22/h3-8,16,19,26H,9H2,1-2H3,(H,25,28)(H,27,29)/t16-,19+/m0/s1. The van der Waals surface area contributed by atoms with Crippen molar-refractivity contribution in [1.29, 1.82) is 0 Å². The summed E-state index contributed by atoms with van der Waals surface area (Å²) in [6.07, 6.45) is -4.33. The third kappa shape index (κ3) is 4.96. The summed E-state index contributed by atoms with van der Waals surface area (Å²) < 4.78 is 43.1. The number of alkyl halides is 4. The van der Waals surface area contributed by atoms with Crippen molar-refractivity contribution >= 4 is 40.5 Å². The van der Waals surface area contributed by atoms with Crippen molar-refractivity contribution in [3.63, 3.8) is 0 Å². The molecule has 2 aromatic rings. The molecule has 0 aromatic heterocycles. The Balaban J connectivity index is 1.60. The van der Waals surface area contributed by atoms with E-state index in [1.54, 1.807) is 0 Å². The number of halogens is 4. The van der Waals surface area contributed by atoms with Gasteiger partial charge in [-0.05, 0) is 61.4 Å². The molecule has 2 amide bonds. The number of hydrogen-bond acceptors (Lipinski definition) is 4. The van der Waals surface area contributed by atoms with Crippen molar-refractivity contribution < 1.29 is 27.5 Å². The molecule has 2 atom stereocenters. The monoisotopic (exact) mass is 441 g/mol. The van der Waals surface area contributed by atoms with Crippen LogP contribution in [0.25, 0.3) is 0 Å². The normalized spacial score (nSPS) is 16.7. The number of aryl methyl sites for hydroxylation is 2. The van der Waals surface area contributed by atoms with Crippen LogP contribution in [0.2, 0.25) is 0 Å². The van der Waals surface area contributed by atoms with Crippen molar-refractivity contribution in [2.75, 3.05) is 16.0 Å². The maximum atomic E-state index is 13.1. The van der Waals surface area contributed by atoms with Crippen molar-refractivity contribution in [3.8, 4) is 5.75 Å². The van der Waals surface area contributed by atoms with Crippen LogP contribution < -0.4 is 20.7 Å². The number of benzene rings is 2. The molecule has 30 heavy (non-hydrogen) atoms. The van der Waals surface area contributed by atoms with Gasteiger partial charge in [-0.1, -0.05) is 11.6 Å². The van der Waals surface area contributed by atoms with Crippen LogP contribution in [-0.2, 0) is 9.59 Å². The summed E-state index contributed by atoms with van der Waals surface area (Å²) >= 11 is 4.73. The molecule has 10 heteroatoms. The number of nitrogens with one attached hydrogen (secondary N) is 3. The number of amides is 2. The van der Waals surface area contributed by atoms with Crippen LogP contribution in [0.1, 0.15) is 17.5 Å². The topological polar surface area (TPSA) is 79.5 Å². The predicted molar refractivity (Wildman–Crippen MR) is 108 cm³/mol. The molecule has 1 aliphatic rings. The highest BCUT2D eigenvalue weighted by atomic mass is 35.5. The Morgan fingerprint density at radius 2 is 1.80 bits per heavy atom. The molecule has 160 valence electrons. The highest BCUT2D eigenvalue weighted by Crippen LogP contribution is 2.31. The number of rotatable bonds is 6. The number of fused-ring (bicyclic) bond motifs is 1. The van der Waals surface area contributed by atoms with Crippen LogP contribution in [-0.4, -0.2) is 29.6 Å². The van der Waals surface area contributed by atoms with Crippen molar-refractivity contribution in [1.82, 2.24) is 0 Å². The van der Waals surface area contributed by atoms with Crippen LogP contribution in [0.5, 0.6) is 5.75 Å². The first kappa shape index (κ1) is 21.8. The van der Waals surface area contributed by atoms with Gasteiger partial charge >= 0.3 is 6.11 Å². The lowest BCUT2D eigenvalue weighted by Gasteiger charge is -2.27. The molecule has 1 heterocycles. The zero-order valence-corrected chi connectivity index (χ0v) is 16.8. The Kier molecular flexibility index (Phi) is 6.12. The van der Waals surface area contributed by atoms with Crippen LogP contribution in [0.15, 0.2) is 36.4 Å². The molecule has 0 unspecified atom stereocenters. The average Bonchev–Trinajstić information content (AvgIpc) is 2.65. The van der Waals surface area contributed by atoms with Gasteiger partial charge in [0.05, 0.1) is 17.8 Å². The molecule has 0 saturated heterocycles. The molecule has 0 spiro atoms. The number of carbonyl (C=O) groups excluding carboxylic acids is 2. The minimum Gasteiger partial charge on any atom is -0.429 e. The molecule has 6 nitrogen and oxygen atoms in total. The van der Waals surface area contributed by atoms with Gasteiger partial charge in [-0.2, -0.15) is 8.78 Å². The number of anilines is 3. The molecule has 1 aliphatic heterocycles. The molecule has 0 aliphatic carbocycles. The molecule has 0 fully saturated rings. The molecule has 0 bridgehead atoms.